The fraction of sp³-hybridized carbons (Fsp3) is 0.688. The van der Waals surface area contributed by atoms with Crippen molar-refractivity contribution in [2.75, 3.05) is 11.9 Å². The van der Waals surface area contributed by atoms with Gasteiger partial charge in [-0.15, -0.1) is 0 Å². The lowest BCUT2D eigenvalue weighted by Gasteiger charge is -2.22. The van der Waals surface area contributed by atoms with Crippen LogP contribution < -0.4 is 5.32 Å². The van der Waals surface area contributed by atoms with Gasteiger partial charge < -0.3 is 10.2 Å². The van der Waals surface area contributed by atoms with E-state index in [1.165, 1.54) is 36.9 Å². The van der Waals surface area contributed by atoms with Crippen LogP contribution in [0.1, 0.15) is 49.2 Å². The second kappa shape index (κ2) is 4.97. The molecule has 1 amide bonds. The van der Waals surface area contributed by atoms with Crippen LogP contribution in [0.25, 0.3) is 0 Å². The van der Waals surface area contributed by atoms with Crippen molar-refractivity contribution in [3.8, 4) is 0 Å². The van der Waals surface area contributed by atoms with Crippen molar-refractivity contribution in [1.29, 1.82) is 0 Å². The highest BCUT2D eigenvalue weighted by atomic mass is 16.2. The quantitative estimate of drug-likeness (QED) is 0.921. The van der Waals surface area contributed by atoms with E-state index in [2.05, 4.69) is 20.2 Å². The van der Waals surface area contributed by atoms with Gasteiger partial charge >= 0.3 is 0 Å². The number of carbonyl (C=O) groups is 1. The van der Waals surface area contributed by atoms with Gasteiger partial charge in [0.15, 0.2) is 0 Å². The van der Waals surface area contributed by atoms with Crippen molar-refractivity contribution in [2.24, 2.45) is 0 Å². The molecule has 5 nitrogen and oxygen atoms in total. The molecule has 1 aliphatic heterocycles. The zero-order valence-corrected chi connectivity index (χ0v) is 12.6. The molecule has 2 aliphatic carbocycles. The molecular formula is C16H22N4O. The Morgan fingerprint density at radius 3 is 2.81 bits per heavy atom. The van der Waals surface area contributed by atoms with E-state index < -0.39 is 0 Å². The molecule has 5 heteroatoms. The van der Waals surface area contributed by atoms with Crippen LogP contribution in [0, 0.1) is 6.92 Å². The molecular weight excluding hydrogens is 264 g/mol. The molecule has 21 heavy (non-hydrogen) atoms. The van der Waals surface area contributed by atoms with Gasteiger partial charge in [0.1, 0.15) is 11.6 Å². The number of rotatable bonds is 3. The number of nitrogens with one attached hydrogen (secondary N) is 1. The molecule has 0 spiro atoms. The molecule has 0 radical (unpaired) electrons. The summed E-state index contributed by atoms with van der Waals surface area (Å²) in [4.78, 5) is 23.3. The molecule has 1 aromatic rings. The Morgan fingerprint density at radius 2 is 2.00 bits per heavy atom. The van der Waals surface area contributed by atoms with Gasteiger partial charge in [0.25, 0.3) is 0 Å². The number of aromatic nitrogens is 2. The topological polar surface area (TPSA) is 58.1 Å². The average molecular weight is 286 g/mol. The zero-order valence-electron chi connectivity index (χ0n) is 12.6. The number of anilines is 1. The Labute approximate surface area is 125 Å². The van der Waals surface area contributed by atoms with E-state index in [1.54, 1.807) is 0 Å². The summed E-state index contributed by atoms with van der Waals surface area (Å²) in [6, 6.07) is 0.726. The van der Waals surface area contributed by atoms with Gasteiger partial charge in [-0.3, -0.25) is 4.79 Å². The van der Waals surface area contributed by atoms with Crippen molar-refractivity contribution in [1.82, 2.24) is 14.9 Å². The van der Waals surface area contributed by atoms with Gasteiger partial charge in [-0.2, -0.15) is 0 Å². The van der Waals surface area contributed by atoms with E-state index in [0.717, 1.165) is 31.0 Å². The van der Waals surface area contributed by atoms with Crippen molar-refractivity contribution in [3.05, 3.63) is 17.1 Å². The van der Waals surface area contributed by atoms with Crippen molar-refractivity contribution < 1.29 is 4.79 Å². The highest BCUT2D eigenvalue weighted by molar-refractivity contribution is 5.80. The molecule has 2 heterocycles. The lowest BCUT2D eigenvalue weighted by atomic mass is 9.96. The Bertz CT molecular complexity index is 582. The second-order valence-corrected chi connectivity index (χ2v) is 6.57. The highest BCUT2D eigenvalue weighted by Gasteiger charge is 2.39. The van der Waals surface area contributed by atoms with Gasteiger partial charge in [0, 0.05) is 30.3 Å². The Kier molecular flexibility index (Phi) is 3.08. The Balaban J connectivity index is 1.54. The van der Waals surface area contributed by atoms with Crippen LogP contribution in [0.3, 0.4) is 0 Å². The van der Waals surface area contributed by atoms with Crippen LogP contribution >= 0.6 is 0 Å². The molecule has 1 aromatic heterocycles. The first-order chi connectivity index (χ1) is 10.2. The summed E-state index contributed by atoms with van der Waals surface area (Å²) in [6.07, 6.45) is 7.53. The number of likely N-dealkylation sites (tertiary alicyclic amines) is 1. The van der Waals surface area contributed by atoms with E-state index in [1.807, 2.05) is 6.92 Å². The maximum atomic E-state index is 12.1. The number of hydrogen-bond donors (Lipinski definition) is 1. The average Bonchev–Trinajstić information content (AvgIpc) is 3.23. The van der Waals surface area contributed by atoms with Crippen molar-refractivity contribution in [2.45, 2.75) is 64.0 Å². The fourth-order valence-electron chi connectivity index (χ4n) is 3.60. The summed E-state index contributed by atoms with van der Waals surface area (Å²) < 4.78 is 0. The van der Waals surface area contributed by atoms with E-state index in [9.17, 15) is 4.79 Å². The summed E-state index contributed by atoms with van der Waals surface area (Å²) >= 11 is 0. The maximum Gasteiger partial charge on any atom is 0.225 e. The van der Waals surface area contributed by atoms with Gasteiger partial charge in [0.2, 0.25) is 5.91 Å². The summed E-state index contributed by atoms with van der Waals surface area (Å²) in [7, 11) is 0. The first-order valence-corrected chi connectivity index (χ1v) is 8.13. The lowest BCUT2D eigenvalue weighted by Crippen LogP contribution is -2.30. The first-order valence-electron chi connectivity index (χ1n) is 8.13. The first kappa shape index (κ1) is 13.0. The van der Waals surface area contributed by atoms with Crippen LogP contribution in [0.4, 0.5) is 5.82 Å². The van der Waals surface area contributed by atoms with Crippen LogP contribution in [0.5, 0.6) is 0 Å². The zero-order chi connectivity index (χ0) is 14.4. The van der Waals surface area contributed by atoms with Gasteiger partial charge in [-0.25, -0.2) is 9.97 Å². The van der Waals surface area contributed by atoms with Crippen LogP contribution in [0.15, 0.2) is 0 Å². The molecule has 3 aliphatic rings. The standard InChI is InChI=1S/C16H22N4O/c1-10-17-14-5-3-2-4-13(14)16(18-10)19-11-8-15(21)20(9-11)12-6-7-12/h11-12H,2-9H2,1H3,(H,17,18,19). The van der Waals surface area contributed by atoms with Gasteiger partial charge in [-0.05, 0) is 45.4 Å². The molecule has 1 saturated carbocycles. The largest absolute Gasteiger partial charge is 0.365 e. The Hall–Kier alpha value is -1.65. The molecule has 112 valence electrons. The molecule has 1 saturated heterocycles. The molecule has 1 atom stereocenters. The molecule has 0 aromatic carbocycles. The lowest BCUT2D eigenvalue weighted by molar-refractivity contribution is -0.128. The van der Waals surface area contributed by atoms with E-state index in [-0.39, 0.29) is 6.04 Å². The summed E-state index contributed by atoms with van der Waals surface area (Å²) in [5, 5.41) is 3.54. The smallest absolute Gasteiger partial charge is 0.225 e. The number of fused-ring (bicyclic) bond motifs is 1. The Morgan fingerprint density at radius 1 is 1.19 bits per heavy atom. The van der Waals surface area contributed by atoms with Crippen LogP contribution in [0.2, 0.25) is 0 Å². The van der Waals surface area contributed by atoms with E-state index in [0.29, 0.717) is 18.4 Å². The second-order valence-electron chi connectivity index (χ2n) is 6.57. The third-order valence-electron chi connectivity index (χ3n) is 4.78. The number of hydrogen-bond acceptors (Lipinski definition) is 4. The van der Waals surface area contributed by atoms with E-state index in [4.69, 9.17) is 0 Å². The molecule has 0 bridgehead atoms. The SMILES string of the molecule is Cc1nc2c(c(NC3CC(=O)N(C4CC4)C3)n1)CCCC2. The normalized spacial score (nSPS) is 25.1. The summed E-state index contributed by atoms with van der Waals surface area (Å²) in [6.45, 7) is 2.79. The summed E-state index contributed by atoms with van der Waals surface area (Å²) in [5.41, 5.74) is 2.49. The minimum atomic E-state index is 0.207. The highest BCUT2D eigenvalue weighted by Crippen LogP contribution is 2.32. The third kappa shape index (κ3) is 2.49. The predicted molar refractivity (Wildman–Crippen MR) is 80.2 cm³/mol. The van der Waals surface area contributed by atoms with E-state index >= 15 is 0 Å². The van der Waals surface area contributed by atoms with Crippen LogP contribution in [-0.2, 0) is 17.6 Å². The molecule has 1 unspecified atom stereocenters. The monoisotopic (exact) mass is 286 g/mol. The van der Waals surface area contributed by atoms with Crippen molar-refractivity contribution in [3.63, 3.8) is 0 Å². The minimum Gasteiger partial charge on any atom is -0.365 e. The molecule has 2 fully saturated rings. The van der Waals surface area contributed by atoms with Gasteiger partial charge in [0.05, 0.1) is 6.04 Å². The number of amides is 1. The number of nitrogens with zero attached hydrogens (tertiary/aromatic N) is 3. The number of carbonyl (C=O) groups excluding carboxylic acids is 1. The molecule has 4 rings (SSSR count). The van der Waals surface area contributed by atoms with Gasteiger partial charge in [-0.1, -0.05) is 0 Å². The minimum absolute atomic E-state index is 0.207. The molecule has 1 N–H and O–H groups in total. The van der Waals surface area contributed by atoms with Crippen LogP contribution in [-0.4, -0.2) is 39.4 Å². The summed E-state index contributed by atoms with van der Waals surface area (Å²) in [5.74, 6) is 2.11. The third-order valence-corrected chi connectivity index (χ3v) is 4.78. The predicted octanol–water partition coefficient (Wildman–Crippen LogP) is 1.84. The maximum absolute atomic E-state index is 12.1. The fourth-order valence-corrected chi connectivity index (χ4v) is 3.60. The van der Waals surface area contributed by atoms with Crippen molar-refractivity contribution >= 4 is 11.7 Å². The number of aryl methyl sites for hydroxylation is 2.